The van der Waals surface area contributed by atoms with E-state index in [4.69, 9.17) is 5.73 Å². The van der Waals surface area contributed by atoms with Crippen LogP contribution in [0.25, 0.3) is 10.8 Å². The molecule has 0 fully saturated rings. The summed E-state index contributed by atoms with van der Waals surface area (Å²) in [6.45, 7) is 0.327. The number of rotatable bonds is 2. The zero-order chi connectivity index (χ0) is 17.0. The van der Waals surface area contributed by atoms with Crippen molar-refractivity contribution < 1.29 is 19.8 Å². The Morgan fingerprint density at radius 1 is 0.917 bits per heavy atom. The first kappa shape index (κ1) is 14.5. The summed E-state index contributed by atoms with van der Waals surface area (Å²) >= 11 is 0. The fourth-order valence-electron chi connectivity index (χ4n) is 3.35. The summed E-state index contributed by atoms with van der Waals surface area (Å²) in [6, 6.07) is 6.55. The Morgan fingerprint density at radius 2 is 1.50 bits per heavy atom. The summed E-state index contributed by atoms with van der Waals surface area (Å²) in [4.78, 5) is 28.6. The second-order valence-corrected chi connectivity index (χ2v) is 5.75. The second kappa shape index (κ2) is 4.94. The van der Waals surface area contributed by atoms with Crippen LogP contribution in [0.5, 0.6) is 11.5 Å². The van der Waals surface area contributed by atoms with Crippen molar-refractivity contribution in [1.29, 1.82) is 0 Å². The molecule has 0 amide bonds. The van der Waals surface area contributed by atoms with Gasteiger partial charge in [0.25, 0.3) is 0 Å². The van der Waals surface area contributed by atoms with Crippen LogP contribution in [0.1, 0.15) is 37.5 Å². The quantitative estimate of drug-likeness (QED) is 0.420. The fourth-order valence-corrected chi connectivity index (χ4v) is 3.35. The Bertz CT molecular complexity index is 1030. The molecular weight excluding hydrogens is 308 g/mol. The van der Waals surface area contributed by atoms with Gasteiger partial charge in [-0.25, -0.2) is 0 Å². The van der Waals surface area contributed by atoms with Crippen LogP contribution in [-0.2, 0) is 6.42 Å². The minimum atomic E-state index is -0.513. The summed E-state index contributed by atoms with van der Waals surface area (Å²) in [5, 5.41) is 21.8. The number of ketones is 2. The Hall–Kier alpha value is -3.12. The van der Waals surface area contributed by atoms with E-state index >= 15 is 0 Å². The number of aromatic hydroxyl groups is 2. The minimum Gasteiger partial charge on any atom is -0.506 e. The highest BCUT2D eigenvalue weighted by molar-refractivity contribution is 6.32. The van der Waals surface area contributed by atoms with Gasteiger partial charge in [0, 0.05) is 17.0 Å². The summed E-state index contributed by atoms with van der Waals surface area (Å²) in [6.07, 6.45) is 2.01. The van der Waals surface area contributed by atoms with Crippen molar-refractivity contribution in [3.05, 3.63) is 58.4 Å². The lowest BCUT2D eigenvalue weighted by atomic mass is 9.83. The molecule has 120 valence electrons. The number of carbonyl (C=O) groups excluding carboxylic acids is 2. The minimum absolute atomic E-state index is 0.126. The van der Waals surface area contributed by atoms with E-state index in [-0.39, 0.29) is 33.9 Å². The molecular formula is C18H14N2O4. The topological polar surface area (TPSA) is 116 Å². The standard InChI is InChI=1S/C18H14N2O4/c19-6-5-8-7-20-14-11(8)17(23)12-13(18(14)24)16(22)10-4-2-1-3-9(10)15(12)21/h1-4,7,20-22H,5-6,19H2. The molecule has 1 aliphatic rings. The van der Waals surface area contributed by atoms with E-state index in [0.29, 0.717) is 29.3 Å². The first-order chi connectivity index (χ1) is 11.6. The van der Waals surface area contributed by atoms with Gasteiger partial charge < -0.3 is 20.9 Å². The maximum absolute atomic E-state index is 12.9. The van der Waals surface area contributed by atoms with Gasteiger partial charge in [-0.05, 0) is 18.5 Å². The Morgan fingerprint density at radius 3 is 2.08 bits per heavy atom. The molecule has 0 unspecified atom stereocenters. The van der Waals surface area contributed by atoms with E-state index < -0.39 is 11.6 Å². The second-order valence-electron chi connectivity index (χ2n) is 5.75. The molecule has 1 aromatic heterocycles. The van der Waals surface area contributed by atoms with E-state index in [9.17, 15) is 19.8 Å². The molecule has 6 nitrogen and oxygen atoms in total. The van der Waals surface area contributed by atoms with Crippen LogP contribution in [0, 0.1) is 0 Å². The number of phenols is 2. The summed E-state index contributed by atoms with van der Waals surface area (Å²) in [5.41, 5.74) is 6.22. The molecule has 24 heavy (non-hydrogen) atoms. The molecule has 2 aromatic carbocycles. The first-order valence-electron chi connectivity index (χ1n) is 7.52. The number of aromatic nitrogens is 1. The lowest BCUT2D eigenvalue weighted by Gasteiger charge is -2.19. The normalized spacial score (nSPS) is 13.2. The molecule has 0 aliphatic heterocycles. The molecule has 0 spiro atoms. The molecule has 5 N–H and O–H groups in total. The third-order valence-electron chi connectivity index (χ3n) is 4.44. The van der Waals surface area contributed by atoms with Crippen LogP contribution in [-0.4, -0.2) is 33.3 Å². The van der Waals surface area contributed by atoms with Crippen LogP contribution in [0.2, 0.25) is 0 Å². The smallest absolute Gasteiger partial charge is 0.214 e. The number of nitrogens with two attached hydrogens (primary N) is 1. The Labute approximate surface area is 136 Å². The maximum Gasteiger partial charge on any atom is 0.214 e. The monoisotopic (exact) mass is 322 g/mol. The SMILES string of the molecule is NCCc1c[nH]c2c1C(=O)c1c(c(O)c3ccccc3c1O)C2=O. The van der Waals surface area contributed by atoms with Gasteiger partial charge in [-0.3, -0.25) is 9.59 Å². The first-order valence-corrected chi connectivity index (χ1v) is 7.52. The van der Waals surface area contributed by atoms with E-state index in [2.05, 4.69) is 4.98 Å². The third kappa shape index (κ3) is 1.68. The number of hydrogen-bond acceptors (Lipinski definition) is 5. The Balaban J connectivity index is 2.09. The van der Waals surface area contributed by atoms with E-state index in [0.717, 1.165) is 0 Å². The van der Waals surface area contributed by atoms with Gasteiger partial charge in [0.15, 0.2) is 5.78 Å². The number of phenolic OH excluding ortho intramolecular Hbond substituents is 2. The molecule has 0 bridgehead atoms. The number of aromatic amines is 1. The molecule has 1 aliphatic carbocycles. The zero-order valence-corrected chi connectivity index (χ0v) is 12.6. The van der Waals surface area contributed by atoms with E-state index in [1.807, 2.05) is 0 Å². The highest BCUT2D eigenvalue weighted by Crippen LogP contribution is 2.44. The number of fused-ring (bicyclic) bond motifs is 3. The van der Waals surface area contributed by atoms with Crippen molar-refractivity contribution in [3.8, 4) is 11.5 Å². The predicted octanol–water partition coefficient (Wildman–Crippen LogP) is 1.86. The highest BCUT2D eigenvalue weighted by Gasteiger charge is 2.38. The van der Waals surface area contributed by atoms with Crippen molar-refractivity contribution in [2.75, 3.05) is 6.54 Å². The van der Waals surface area contributed by atoms with E-state index in [1.54, 1.807) is 30.5 Å². The van der Waals surface area contributed by atoms with Crippen molar-refractivity contribution in [2.45, 2.75) is 6.42 Å². The summed E-state index contributed by atoms with van der Waals surface area (Å²) in [7, 11) is 0. The van der Waals surface area contributed by atoms with Gasteiger partial charge >= 0.3 is 0 Å². The van der Waals surface area contributed by atoms with Crippen molar-refractivity contribution in [3.63, 3.8) is 0 Å². The van der Waals surface area contributed by atoms with Crippen LogP contribution in [0.15, 0.2) is 30.5 Å². The van der Waals surface area contributed by atoms with Crippen molar-refractivity contribution >= 4 is 22.3 Å². The molecule has 0 atom stereocenters. The van der Waals surface area contributed by atoms with Gasteiger partial charge in [0.1, 0.15) is 11.5 Å². The molecule has 0 saturated carbocycles. The van der Waals surface area contributed by atoms with Gasteiger partial charge in [-0.2, -0.15) is 0 Å². The zero-order valence-electron chi connectivity index (χ0n) is 12.6. The van der Waals surface area contributed by atoms with Crippen molar-refractivity contribution in [2.24, 2.45) is 5.73 Å². The lowest BCUT2D eigenvalue weighted by molar-refractivity contribution is 0.0972. The maximum atomic E-state index is 12.9. The fraction of sp³-hybridized carbons (Fsp3) is 0.111. The van der Waals surface area contributed by atoms with E-state index in [1.165, 1.54) is 0 Å². The number of hydrogen-bond donors (Lipinski definition) is 4. The lowest BCUT2D eigenvalue weighted by Crippen LogP contribution is -2.22. The number of carbonyl (C=O) groups is 2. The number of nitrogens with one attached hydrogen (secondary N) is 1. The molecule has 3 aromatic rings. The molecule has 4 rings (SSSR count). The van der Waals surface area contributed by atoms with Crippen LogP contribution in [0.4, 0.5) is 0 Å². The van der Waals surface area contributed by atoms with Gasteiger partial charge in [-0.15, -0.1) is 0 Å². The summed E-state index contributed by atoms with van der Waals surface area (Å²) in [5.74, 6) is -1.58. The van der Waals surface area contributed by atoms with Crippen LogP contribution < -0.4 is 5.73 Å². The highest BCUT2D eigenvalue weighted by atomic mass is 16.3. The molecule has 0 saturated heterocycles. The predicted molar refractivity (Wildman–Crippen MR) is 87.7 cm³/mol. The third-order valence-corrected chi connectivity index (χ3v) is 4.44. The number of benzene rings is 2. The Kier molecular flexibility index (Phi) is 2.98. The largest absolute Gasteiger partial charge is 0.506 e. The van der Waals surface area contributed by atoms with Gasteiger partial charge in [0.05, 0.1) is 22.4 Å². The summed E-state index contributed by atoms with van der Waals surface area (Å²) < 4.78 is 0. The number of H-pyrrole nitrogens is 1. The van der Waals surface area contributed by atoms with Gasteiger partial charge in [-0.1, -0.05) is 24.3 Å². The van der Waals surface area contributed by atoms with Crippen molar-refractivity contribution in [1.82, 2.24) is 4.98 Å². The molecule has 1 heterocycles. The average molecular weight is 322 g/mol. The molecule has 6 heteroatoms. The van der Waals surface area contributed by atoms with Crippen LogP contribution >= 0.6 is 0 Å². The van der Waals surface area contributed by atoms with Crippen LogP contribution in [0.3, 0.4) is 0 Å². The molecule has 0 radical (unpaired) electrons. The average Bonchev–Trinajstić information content (AvgIpc) is 3.01. The van der Waals surface area contributed by atoms with Gasteiger partial charge in [0.2, 0.25) is 5.78 Å².